The van der Waals surface area contributed by atoms with E-state index >= 15 is 0 Å². The van der Waals surface area contributed by atoms with Crippen molar-refractivity contribution in [1.82, 2.24) is 5.32 Å². The molecule has 0 aromatic heterocycles. The molecule has 3 unspecified atom stereocenters. The van der Waals surface area contributed by atoms with Gasteiger partial charge in [-0.05, 0) is 18.3 Å². The van der Waals surface area contributed by atoms with Gasteiger partial charge in [-0.1, -0.05) is 32.9 Å². The van der Waals surface area contributed by atoms with Gasteiger partial charge in [0, 0.05) is 12.1 Å². The zero-order valence-electron chi connectivity index (χ0n) is 11.8. The lowest BCUT2D eigenvalue weighted by atomic mass is 9.86. The van der Waals surface area contributed by atoms with Crippen molar-refractivity contribution in [3.8, 4) is 0 Å². The van der Waals surface area contributed by atoms with Crippen LogP contribution in [0.4, 0.5) is 0 Å². The summed E-state index contributed by atoms with van der Waals surface area (Å²) in [6.45, 7) is 6.08. The summed E-state index contributed by atoms with van der Waals surface area (Å²) in [7, 11) is 0. The molecule has 4 N–H and O–H groups in total. The minimum Gasteiger partial charge on any atom is -0.481 e. The molecule has 1 aliphatic rings. The molecule has 1 amide bonds. The van der Waals surface area contributed by atoms with Crippen LogP contribution in [-0.2, 0) is 9.59 Å². The first kappa shape index (κ1) is 15.7. The summed E-state index contributed by atoms with van der Waals surface area (Å²) in [6.07, 6.45) is 4.80. The van der Waals surface area contributed by atoms with Crippen LogP contribution in [0.1, 0.15) is 40.0 Å². The third-order valence-electron chi connectivity index (χ3n) is 3.08. The number of amides is 1. The van der Waals surface area contributed by atoms with Crippen molar-refractivity contribution in [3.05, 3.63) is 12.2 Å². The van der Waals surface area contributed by atoms with Crippen LogP contribution in [0, 0.1) is 11.3 Å². The van der Waals surface area contributed by atoms with Gasteiger partial charge in [0.15, 0.2) is 0 Å². The Balaban J connectivity index is 2.59. The molecule has 19 heavy (non-hydrogen) atoms. The topological polar surface area (TPSA) is 92.4 Å². The van der Waals surface area contributed by atoms with Crippen molar-refractivity contribution in [1.29, 1.82) is 0 Å². The van der Waals surface area contributed by atoms with Crippen LogP contribution >= 0.6 is 0 Å². The lowest BCUT2D eigenvalue weighted by Gasteiger charge is -2.26. The number of carbonyl (C=O) groups is 2. The summed E-state index contributed by atoms with van der Waals surface area (Å²) in [5.41, 5.74) is 5.68. The largest absolute Gasteiger partial charge is 0.481 e. The van der Waals surface area contributed by atoms with E-state index in [1.54, 1.807) is 6.08 Å². The quantitative estimate of drug-likeness (QED) is 0.655. The fourth-order valence-electron chi connectivity index (χ4n) is 2.35. The highest BCUT2D eigenvalue weighted by Crippen LogP contribution is 2.23. The molecule has 0 saturated carbocycles. The zero-order valence-corrected chi connectivity index (χ0v) is 11.8. The Morgan fingerprint density at radius 1 is 1.42 bits per heavy atom. The van der Waals surface area contributed by atoms with Crippen molar-refractivity contribution < 1.29 is 14.7 Å². The Bertz CT molecular complexity index is 371. The first-order valence-corrected chi connectivity index (χ1v) is 6.63. The summed E-state index contributed by atoms with van der Waals surface area (Å²) in [5, 5.41) is 11.8. The molecule has 0 aliphatic heterocycles. The van der Waals surface area contributed by atoms with E-state index in [0.717, 1.165) is 0 Å². The second-order valence-corrected chi connectivity index (χ2v) is 6.46. The van der Waals surface area contributed by atoms with Gasteiger partial charge in [-0.15, -0.1) is 0 Å². The third kappa shape index (κ3) is 5.87. The third-order valence-corrected chi connectivity index (χ3v) is 3.08. The predicted octanol–water partition coefficient (Wildman–Crippen LogP) is 1.29. The predicted molar refractivity (Wildman–Crippen MR) is 73.5 cm³/mol. The minimum atomic E-state index is -0.895. The molecule has 3 atom stereocenters. The number of hydrogen-bond donors (Lipinski definition) is 3. The average molecular weight is 268 g/mol. The van der Waals surface area contributed by atoms with Gasteiger partial charge in [0.05, 0.1) is 12.3 Å². The first-order chi connectivity index (χ1) is 8.67. The molecule has 0 fully saturated rings. The van der Waals surface area contributed by atoms with Crippen LogP contribution in [0.15, 0.2) is 12.2 Å². The summed E-state index contributed by atoms with van der Waals surface area (Å²) in [4.78, 5) is 22.9. The molecule has 5 nitrogen and oxygen atoms in total. The number of nitrogens with two attached hydrogens (primary N) is 1. The van der Waals surface area contributed by atoms with Crippen molar-refractivity contribution in [3.63, 3.8) is 0 Å². The molecular weight excluding hydrogens is 244 g/mol. The van der Waals surface area contributed by atoms with E-state index in [2.05, 4.69) is 5.32 Å². The first-order valence-electron chi connectivity index (χ1n) is 6.63. The van der Waals surface area contributed by atoms with Crippen LogP contribution in [0.5, 0.6) is 0 Å². The van der Waals surface area contributed by atoms with Gasteiger partial charge in [0.25, 0.3) is 0 Å². The van der Waals surface area contributed by atoms with Crippen molar-refractivity contribution in [2.45, 2.75) is 52.1 Å². The van der Waals surface area contributed by atoms with Crippen LogP contribution in [0.2, 0.25) is 0 Å². The van der Waals surface area contributed by atoms with Gasteiger partial charge < -0.3 is 16.2 Å². The van der Waals surface area contributed by atoms with E-state index in [-0.39, 0.29) is 35.7 Å². The number of aliphatic carboxylic acids is 1. The maximum Gasteiger partial charge on any atom is 0.305 e. The monoisotopic (exact) mass is 268 g/mol. The summed E-state index contributed by atoms with van der Waals surface area (Å²) in [5.74, 6) is -1.25. The lowest BCUT2D eigenvalue weighted by Crippen LogP contribution is -2.41. The highest BCUT2D eigenvalue weighted by Gasteiger charge is 2.27. The number of hydrogen-bond acceptors (Lipinski definition) is 3. The summed E-state index contributed by atoms with van der Waals surface area (Å²) >= 11 is 0. The summed E-state index contributed by atoms with van der Waals surface area (Å²) in [6, 6.07) is -0.411. The fourth-order valence-corrected chi connectivity index (χ4v) is 2.35. The van der Waals surface area contributed by atoms with Crippen molar-refractivity contribution in [2.75, 3.05) is 0 Å². The molecule has 0 radical (unpaired) electrons. The highest BCUT2D eigenvalue weighted by molar-refractivity contribution is 5.82. The van der Waals surface area contributed by atoms with Crippen LogP contribution < -0.4 is 11.1 Å². The van der Waals surface area contributed by atoms with Gasteiger partial charge in [0.1, 0.15) is 0 Å². The Morgan fingerprint density at radius 3 is 2.47 bits per heavy atom. The van der Waals surface area contributed by atoms with Crippen LogP contribution in [-0.4, -0.2) is 29.1 Å². The molecule has 0 saturated heterocycles. The number of carboxylic acid groups (broad SMARTS) is 1. The number of carbonyl (C=O) groups excluding carboxylic acids is 1. The number of nitrogens with one attached hydrogen (secondary N) is 1. The van der Waals surface area contributed by atoms with Crippen molar-refractivity contribution >= 4 is 11.9 Å². The standard InChI is InChI=1S/C14H24N2O3/c1-14(2,3)8-11(7-12(17)18)16-13(19)9-4-5-10(15)6-9/h4-5,9-11H,6-8,15H2,1-3H3,(H,16,19)(H,17,18). The minimum absolute atomic E-state index is 0.0324. The Labute approximate surface area is 114 Å². The zero-order chi connectivity index (χ0) is 14.6. The van der Waals surface area contributed by atoms with Crippen molar-refractivity contribution in [2.24, 2.45) is 17.1 Å². The second kappa shape index (κ2) is 6.19. The molecule has 1 aliphatic carbocycles. The van der Waals surface area contributed by atoms with E-state index in [1.807, 2.05) is 26.8 Å². The van der Waals surface area contributed by atoms with E-state index in [0.29, 0.717) is 12.8 Å². The van der Waals surface area contributed by atoms with Gasteiger partial charge in [-0.25, -0.2) is 0 Å². The Hall–Kier alpha value is -1.36. The molecule has 5 heteroatoms. The van der Waals surface area contributed by atoms with Gasteiger partial charge in [-0.2, -0.15) is 0 Å². The molecule has 0 spiro atoms. The van der Waals surface area contributed by atoms with Gasteiger partial charge in [0.2, 0.25) is 5.91 Å². The average Bonchev–Trinajstić information content (AvgIpc) is 2.60. The van der Waals surface area contributed by atoms with E-state index in [9.17, 15) is 9.59 Å². The van der Waals surface area contributed by atoms with Crippen LogP contribution in [0.25, 0.3) is 0 Å². The number of rotatable bonds is 5. The molecule has 0 aromatic carbocycles. The normalized spacial score (nSPS) is 24.2. The van der Waals surface area contributed by atoms with E-state index in [1.165, 1.54) is 0 Å². The molecule has 0 heterocycles. The highest BCUT2D eigenvalue weighted by atomic mass is 16.4. The van der Waals surface area contributed by atoms with Gasteiger partial charge in [-0.3, -0.25) is 9.59 Å². The maximum absolute atomic E-state index is 12.1. The number of carboxylic acids is 1. The van der Waals surface area contributed by atoms with E-state index < -0.39 is 5.97 Å². The second-order valence-electron chi connectivity index (χ2n) is 6.46. The SMILES string of the molecule is CC(C)(C)CC(CC(=O)O)NC(=O)C1C=CC(N)C1. The Morgan fingerprint density at radius 2 is 2.05 bits per heavy atom. The summed E-state index contributed by atoms with van der Waals surface area (Å²) < 4.78 is 0. The molecule has 1 rings (SSSR count). The smallest absolute Gasteiger partial charge is 0.305 e. The molecule has 108 valence electrons. The fraction of sp³-hybridized carbons (Fsp3) is 0.714. The van der Waals surface area contributed by atoms with Crippen LogP contribution in [0.3, 0.4) is 0 Å². The maximum atomic E-state index is 12.1. The van der Waals surface area contributed by atoms with E-state index in [4.69, 9.17) is 10.8 Å². The van der Waals surface area contributed by atoms with Gasteiger partial charge >= 0.3 is 5.97 Å². The lowest BCUT2D eigenvalue weighted by molar-refractivity contribution is -0.138. The molecular formula is C14H24N2O3. The molecule has 0 bridgehead atoms. The molecule has 0 aromatic rings. The Kier molecular flexibility index (Phi) is 5.11.